The Morgan fingerprint density at radius 2 is 0.481 bits per heavy atom. The first kappa shape index (κ1) is 142. The third kappa shape index (κ3) is 94.5. The van der Waals surface area contributed by atoms with E-state index in [-0.39, 0.29) is 36.5 Å². The lowest BCUT2D eigenvalue weighted by molar-refractivity contribution is -0.139. The van der Waals surface area contributed by atoms with Gasteiger partial charge >= 0.3 is 70.5 Å². The highest BCUT2D eigenvalue weighted by atomic mass is 28.5. The summed E-state index contributed by atoms with van der Waals surface area (Å²) in [4.78, 5) is 87.2. The molecule has 0 aliphatic rings. The van der Waals surface area contributed by atoms with E-state index in [0.717, 1.165) is 68.9 Å². The number of esters is 6. The van der Waals surface area contributed by atoms with Gasteiger partial charge in [0.15, 0.2) is 83.2 Å². The van der Waals surface area contributed by atoms with Gasteiger partial charge in [-0.2, -0.15) is 0 Å². The van der Waals surface area contributed by atoms with E-state index in [1.165, 1.54) is 44.0 Å². The zero-order chi connectivity index (χ0) is 103. The molecule has 0 spiro atoms. The van der Waals surface area contributed by atoms with Crippen molar-refractivity contribution in [3.8, 4) is 0 Å². The molecule has 0 saturated heterocycles. The van der Waals surface area contributed by atoms with Crippen LogP contribution in [0.3, 0.4) is 0 Å². The van der Waals surface area contributed by atoms with E-state index < -0.39 is 143 Å². The van der Waals surface area contributed by atoms with Crippen molar-refractivity contribution in [3.63, 3.8) is 0 Å². The number of unbranched alkanes of at least 4 members (excludes halogenated alkanes) is 2. The summed E-state index contributed by atoms with van der Waals surface area (Å²) in [6, 6.07) is 8.28. The molecule has 0 saturated carbocycles. The molecule has 129 heavy (non-hydrogen) atoms. The van der Waals surface area contributed by atoms with Gasteiger partial charge in [-0.3, -0.25) is 0 Å². The molecule has 0 bridgehead atoms. The Balaban J connectivity index is -0.000000227. The SMILES string of the molecule is C=C(C)C(=O)OCCC[Si](C)(C)O.C=C(C)C(=O)OCCC[Si](C)(C)O[Si](C)(C)CCCOC(=O)C(=C)C.C=C(C)C(=O)OCCC[Si](C)(C)O[Si](C)(C)O[Si](C)(C)CCCC.C=C(C)C(=O)OCCC[Si](O)(O[SiH2]C)O[SiH2]C.C=C(C)C(=O)OCCC[Si](O[Si](C)(C)C)(O[Si](C)(C)C)O[Si](C)(C)C.C=COCCC[Si](C)(C)O[Si](C)(C)O[Si](C)(C)CCCC.CC.CC. The summed E-state index contributed by atoms with van der Waals surface area (Å²) in [5.74, 6) is -2.07. The number of rotatable bonds is 61. The molecule has 0 heterocycles. The topological polar surface area (TPSA) is 300 Å². The Morgan fingerprint density at radius 1 is 0.287 bits per heavy atom. The lowest BCUT2D eigenvalue weighted by atomic mass is 10.4. The van der Waals surface area contributed by atoms with Crippen LogP contribution in [0.15, 0.2) is 85.8 Å². The fourth-order valence-electron chi connectivity index (χ4n) is 12.2. The van der Waals surface area contributed by atoms with Crippen molar-refractivity contribution in [1.82, 2.24) is 0 Å². The first-order valence-corrected chi connectivity index (χ1v) is 92.5. The summed E-state index contributed by atoms with van der Waals surface area (Å²) in [6.07, 6.45) is 11.9. The van der Waals surface area contributed by atoms with Crippen LogP contribution in [0.5, 0.6) is 0 Å². The van der Waals surface area contributed by atoms with Crippen molar-refractivity contribution in [1.29, 1.82) is 0 Å². The number of ether oxygens (including phenoxy) is 7. The van der Waals surface area contributed by atoms with E-state index in [2.05, 4.69) is 224 Å². The van der Waals surface area contributed by atoms with Crippen molar-refractivity contribution in [2.24, 2.45) is 0 Å². The van der Waals surface area contributed by atoms with Crippen LogP contribution in [-0.4, -0.2) is 229 Å². The van der Waals surface area contributed by atoms with Gasteiger partial charge in [-0.05, 0) is 306 Å². The van der Waals surface area contributed by atoms with Gasteiger partial charge in [0.25, 0.3) is 0 Å². The minimum absolute atomic E-state index is 0.268. The third-order valence-corrected chi connectivity index (χ3v) is 67.6. The van der Waals surface area contributed by atoms with Crippen molar-refractivity contribution in [2.75, 3.05) is 46.2 Å². The van der Waals surface area contributed by atoms with Gasteiger partial charge in [0.05, 0.1) is 52.5 Å². The van der Waals surface area contributed by atoms with Crippen molar-refractivity contribution in [3.05, 3.63) is 85.8 Å². The summed E-state index contributed by atoms with van der Waals surface area (Å²) in [7, 11) is -29.2. The second-order valence-electron chi connectivity index (χ2n) is 40.1. The first-order valence-electron chi connectivity index (χ1n) is 46.9. The molecule has 25 nitrogen and oxygen atoms in total. The molecule has 0 atom stereocenters. The highest BCUT2D eigenvalue weighted by Gasteiger charge is 2.50. The van der Waals surface area contributed by atoms with Gasteiger partial charge in [0.1, 0.15) is 19.5 Å². The van der Waals surface area contributed by atoms with E-state index in [1.54, 1.807) is 41.5 Å². The minimum atomic E-state index is -2.94. The Hall–Kier alpha value is -2.21. The first-order chi connectivity index (χ1) is 58.4. The Morgan fingerprint density at radius 3 is 0.674 bits per heavy atom. The lowest BCUT2D eigenvalue weighted by Crippen LogP contribution is -2.60. The molecule has 0 rings (SSSR count). The maximum atomic E-state index is 11.6. The van der Waals surface area contributed by atoms with Crippen LogP contribution >= 0.6 is 0 Å². The van der Waals surface area contributed by atoms with Gasteiger partial charge in [0.2, 0.25) is 0 Å². The standard InChI is InChI=1S/C18H34O5Si2.C17H38O4Si3.C16H38O5Si4.C15H36O3Si3.C9H22O5Si3.C9H18O3Si.2C2H6/c1-15(2)17(19)21-11-9-13-24(5,6)23-25(7,8)14-10-12-22-18(20)16(3)4;1-10-11-14-22(4,5)20-24(8,9)21-23(6,7)15-12-13-19-17(18)16(2)3;1-15(2)16(17)18-13-12-14-25(19-22(3,4)5,20-23(6,7)8)21-24(9,10)11;1-9-11-14-19(3,4)17-21(7,8)18-20(5,6)15-12-13-16-10-2;1-8(2)9(10)12-6-5-7-17(11,13-15-3)14-16-4;1-8(2)9(10)12-6-5-7-13(3,4)11;2*1-2/h1,3,9-14H2,2,4-8H3;2,10-15H2,1,3-9H3;1,12-14H2,2-11H3;10H,2,9,11-15H2,1,3-8H3;11H,1,5-7,15-16H2,2-4H3;11H,1,5-7H2,2-4H3;2*1-2H3. The lowest BCUT2D eigenvalue weighted by Gasteiger charge is -2.42. The quantitative estimate of drug-likeness (QED) is 0.0143. The van der Waals surface area contributed by atoms with E-state index in [1.807, 2.05) is 53.9 Å². The average Bonchev–Trinajstić information content (AvgIpc) is 0.795. The molecule has 0 fully saturated rings. The van der Waals surface area contributed by atoms with Crippen molar-refractivity contribution < 1.29 is 113 Å². The Labute approximate surface area is 809 Å². The summed E-state index contributed by atoms with van der Waals surface area (Å²) in [5.41, 5.74) is 2.51. The highest BCUT2D eigenvalue weighted by molar-refractivity contribution is 6.91. The molecule has 0 unspecified atom stereocenters. The number of carbonyl (C=O) groups excluding carboxylic acids is 6. The minimum Gasteiger partial charge on any atom is -0.502 e. The Kier molecular flexibility index (Phi) is 79.5. The molecule has 0 aromatic carbocycles. The molecule has 0 amide bonds. The van der Waals surface area contributed by atoms with Gasteiger partial charge in [-0.1, -0.05) is 126 Å². The highest BCUT2D eigenvalue weighted by Crippen LogP contribution is 2.33. The van der Waals surface area contributed by atoms with Crippen LogP contribution in [-0.2, 0) is 103 Å². The molecular formula is C88H198O25Si16. The molecular weight excluding hydrogens is 1910 g/mol. The molecule has 764 valence electrons. The van der Waals surface area contributed by atoms with Crippen LogP contribution in [0.1, 0.15) is 154 Å². The average molecular weight is 2110 g/mol. The predicted octanol–water partition coefficient (Wildman–Crippen LogP) is 23.8. The fourth-order valence-corrected chi connectivity index (χ4v) is 71.5. The van der Waals surface area contributed by atoms with E-state index >= 15 is 0 Å². The van der Waals surface area contributed by atoms with E-state index in [4.69, 9.17) is 74.3 Å². The zero-order valence-corrected chi connectivity index (χ0v) is 107. The van der Waals surface area contributed by atoms with Gasteiger partial charge in [-0.25, -0.2) is 28.8 Å². The summed E-state index contributed by atoms with van der Waals surface area (Å²) < 4.78 is 98.9. The van der Waals surface area contributed by atoms with Crippen molar-refractivity contribution in [2.45, 2.75) is 398 Å². The second-order valence-corrected chi connectivity index (χ2v) is 100. The molecule has 41 heteroatoms. The Bertz CT molecular complexity index is 3090. The molecule has 0 aliphatic heterocycles. The fraction of sp³-hybridized carbons (Fsp3) is 0.773. The summed E-state index contributed by atoms with van der Waals surface area (Å²) in [6.45, 7) is 113. The molecule has 2 N–H and O–H groups in total. The zero-order valence-electron chi connectivity index (χ0n) is 90.3. The van der Waals surface area contributed by atoms with Crippen LogP contribution in [0, 0.1) is 0 Å². The van der Waals surface area contributed by atoms with Crippen molar-refractivity contribution >= 4 is 173 Å². The maximum absolute atomic E-state index is 11.6. The van der Waals surface area contributed by atoms with E-state index in [0.29, 0.717) is 91.4 Å². The monoisotopic (exact) mass is 2100 g/mol. The molecule has 0 aliphatic carbocycles. The normalized spacial score (nSPS) is 12.8. The molecule has 0 radical (unpaired) electrons. The summed E-state index contributed by atoms with van der Waals surface area (Å²) in [5, 5.41) is 0. The maximum Gasteiger partial charge on any atom is 0.476 e. The van der Waals surface area contributed by atoms with Gasteiger partial charge in [0, 0.05) is 45.5 Å². The van der Waals surface area contributed by atoms with Gasteiger partial charge in [-0.15, -0.1) is 0 Å². The smallest absolute Gasteiger partial charge is 0.476 e. The van der Waals surface area contributed by atoms with Crippen LogP contribution in [0.2, 0.25) is 244 Å². The number of hydrogen-bond acceptors (Lipinski definition) is 25. The summed E-state index contributed by atoms with van der Waals surface area (Å²) >= 11 is 0. The molecule has 0 aromatic rings. The van der Waals surface area contributed by atoms with Crippen LogP contribution in [0.4, 0.5) is 0 Å². The predicted molar refractivity (Wildman–Crippen MR) is 582 cm³/mol. The largest absolute Gasteiger partial charge is 0.502 e. The third-order valence-electron chi connectivity index (χ3n) is 16.6. The van der Waals surface area contributed by atoms with Crippen LogP contribution < -0.4 is 0 Å². The number of carbonyl (C=O) groups is 6. The van der Waals surface area contributed by atoms with Crippen LogP contribution in [0.25, 0.3) is 0 Å². The molecule has 0 aromatic heterocycles. The van der Waals surface area contributed by atoms with E-state index in [9.17, 15) is 38.4 Å². The second kappa shape index (κ2) is 72.1. The number of hydrogen-bond donors (Lipinski definition) is 2. The van der Waals surface area contributed by atoms with Gasteiger partial charge < -0.3 is 83.9 Å².